The summed E-state index contributed by atoms with van der Waals surface area (Å²) < 4.78 is 4.86. The number of nitrogens with zero attached hydrogens (tertiary/aromatic N) is 9. The van der Waals surface area contributed by atoms with Crippen molar-refractivity contribution in [2.45, 2.75) is 0 Å². The summed E-state index contributed by atoms with van der Waals surface area (Å²) in [6.45, 7) is -0.0740. The van der Waals surface area contributed by atoms with Crippen molar-refractivity contribution in [3.8, 4) is 18.4 Å². The van der Waals surface area contributed by atoms with Gasteiger partial charge in [-0.2, -0.15) is 9.97 Å². The first-order valence-corrected chi connectivity index (χ1v) is 3.72. The van der Waals surface area contributed by atoms with E-state index in [-0.39, 0.29) is 24.5 Å². The number of rotatable bonds is 4. The van der Waals surface area contributed by atoms with E-state index in [1.165, 1.54) is 0 Å². The van der Waals surface area contributed by atoms with Gasteiger partial charge in [-0.3, -0.25) is 0 Å². The van der Waals surface area contributed by atoms with Crippen molar-refractivity contribution < 1.29 is 4.74 Å². The predicted octanol–water partition coefficient (Wildman–Crippen LogP) is 1.77. The SMILES string of the molecule is C#CCOc1nc(N=[N+]=[N-])nc(N=[N+]=[N-])n1. The van der Waals surface area contributed by atoms with Crippen molar-refractivity contribution in [3.63, 3.8) is 0 Å². The van der Waals surface area contributed by atoms with Gasteiger partial charge in [0.1, 0.15) is 0 Å². The Bertz CT molecular complexity index is 483. The Hall–Kier alpha value is -3.01. The van der Waals surface area contributed by atoms with Gasteiger partial charge < -0.3 is 4.74 Å². The van der Waals surface area contributed by atoms with Gasteiger partial charge in [0, 0.05) is 9.82 Å². The largest absolute Gasteiger partial charge is 0.450 e. The average Bonchev–Trinajstić information content (AvgIpc) is 2.27. The summed E-state index contributed by atoms with van der Waals surface area (Å²) >= 11 is 0. The van der Waals surface area contributed by atoms with E-state index in [9.17, 15) is 0 Å². The lowest BCUT2D eigenvalue weighted by atomic mass is 10.7. The van der Waals surface area contributed by atoms with Gasteiger partial charge in [-0.05, 0) is 21.3 Å². The first-order chi connectivity index (χ1) is 7.80. The zero-order valence-electron chi connectivity index (χ0n) is 7.72. The fraction of sp³-hybridized carbons (Fsp3) is 0.167. The van der Waals surface area contributed by atoms with Gasteiger partial charge in [0.2, 0.25) is 11.9 Å². The minimum Gasteiger partial charge on any atom is -0.450 e. The quantitative estimate of drug-likeness (QED) is 0.327. The summed E-state index contributed by atoms with van der Waals surface area (Å²) in [5.74, 6) is 1.65. The van der Waals surface area contributed by atoms with Crippen LogP contribution in [0.4, 0.5) is 11.9 Å². The third-order valence-electron chi connectivity index (χ3n) is 1.14. The van der Waals surface area contributed by atoms with Crippen LogP contribution >= 0.6 is 0 Å². The molecule has 0 radical (unpaired) electrons. The molecule has 78 valence electrons. The van der Waals surface area contributed by atoms with Gasteiger partial charge in [-0.1, -0.05) is 5.92 Å². The van der Waals surface area contributed by atoms with Crippen LogP contribution in [0.1, 0.15) is 0 Å². The highest BCUT2D eigenvalue weighted by atomic mass is 16.5. The van der Waals surface area contributed by atoms with Gasteiger partial charge in [0.15, 0.2) is 6.61 Å². The average molecular weight is 217 g/mol. The van der Waals surface area contributed by atoms with Crippen molar-refractivity contribution in [1.82, 2.24) is 15.0 Å². The van der Waals surface area contributed by atoms with Crippen molar-refractivity contribution >= 4 is 11.9 Å². The number of hydrogen-bond donors (Lipinski definition) is 0. The second-order valence-corrected chi connectivity index (χ2v) is 2.09. The third-order valence-corrected chi connectivity index (χ3v) is 1.14. The van der Waals surface area contributed by atoms with E-state index in [0.29, 0.717) is 0 Å². The molecular weight excluding hydrogens is 214 g/mol. The minimum atomic E-state index is -0.271. The normalized spacial score (nSPS) is 8.19. The Morgan fingerprint density at radius 3 is 2.19 bits per heavy atom. The Kier molecular flexibility index (Phi) is 3.92. The molecule has 0 spiro atoms. The summed E-state index contributed by atoms with van der Waals surface area (Å²) in [5, 5.41) is 6.24. The number of hydrogen-bond acceptors (Lipinski definition) is 6. The van der Waals surface area contributed by atoms with Crippen LogP contribution in [0.5, 0.6) is 6.01 Å². The Morgan fingerprint density at radius 1 is 1.19 bits per heavy atom. The molecule has 0 atom stereocenters. The lowest BCUT2D eigenvalue weighted by Crippen LogP contribution is -1.99. The maximum Gasteiger partial charge on any atom is 0.321 e. The van der Waals surface area contributed by atoms with Crippen LogP contribution < -0.4 is 4.74 Å². The number of terminal acetylenes is 1. The molecule has 0 amide bonds. The molecule has 0 fully saturated rings. The molecule has 1 heterocycles. The van der Waals surface area contributed by atoms with Gasteiger partial charge in [0.25, 0.3) is 0 Å². The molecule has 10 heteroatoms. The van der Waals surface area contributed by atoms with Crippen molar-refractivity contribution in [2.75, 3.05) is 6.61 Å². The standard InChI is InChI=1S/C6H3N9O/c1-2-3-16-6-10-4(12-14-7)9-5(11-6)13-15-8/h1H,3H2. The van der Waals surface area contributed by atoms with E-state index in [1.807, 2.05) is 0 Å². The van der Waals surface area contributed by atoms with E-state index in [0.717, 1.165) is 0 Å². The highest BCUT2D eigenvalue weighted by Gasteiger charge is 2.04. The molecule has 0 aliphatic heterocycles. The van der Waals surface area contributed by atoms with Crippen LogP contribution in [-0.2, 0) is 0 Å². The summed E-state index contributed by atoms with van der Waals surface area (Å²) in [6, 6.07) is -0.183. The fourth-order valence-electron chi connectivity index (χ4n) is 0.676. The summed E-state index contributed by atoms with van der Waals surface area (Å²) in [5.41, 5.74) is 16.4. The number of ether oxygens (including phenoxy) is 1. The number of azide groups is 2. The van der Waals surface area contributed by atoms with Crippen LogP contribution in [0.3, 0.4) is 0 Å². The fourth-order valence-corrected chi connectivity index (χ4v) is 0.676. The van der Waals surface area contributed by atoms with Crippen LogP contribution in [0.25, 0.3) is 20.9 Å². The molecule has 16 heavy (non-hydrogen) atoms. The van der Waals surface area contributed by atoms with Crippen LogP contribution in [0, 0.1) is 12.3 Å². The first kappa shape index (κ1) is 11.1. The van der Waals surface area contributed by atoms with E-state index in [4.69, 9.17) is 22.2 Å². The molecule has 0 unspecified atom stereocenters. The zero-order valence-corrected chi connectivity index (χ0v) is 7.72. The molecule has 0 aromatic carbocycles. The Labute approximate surface area is 88.6 Å². The molecule has 10 nitrogen and oxygen atoms in total. The molecular formula is C6H3N9O. The second-order valence-electron chi connectivity index (χ2n) is 2.09. The van der Waals surface area contributed by atoms with Gasteiger partial charge in [-0.15, -0.1) is 6.42 Å². The maximum absolute atomic E-state index is 8.19. The van der Waals surface area contributed by atoms with Crippen LogP contribution in [0.2, 0.25) is 0 Å². The smallest absolute Gasteiger partial charge is 0.321 e. The molecule has 0 bridgehead atoms. The Morgan fingerprint density at radius 2 is 1.75 bits per heavy atom. The Balaban J connectivity index is 3.13. The minimum absolute atomic E-state index is 0.0740. The summed E-state index contributed by atoms with van der Waals surface area (Å²) in [4.78, 5) is 15.7. The lowest BCUT2D eigenvalue weighted by Gasteiger charge is -2.00. The topological polar surface area (TPSA) is 145 Å². The van der Waals surface area contributed by atoms with Gasteiger partial charge in [0.05, 0.1) is 0 Å². The van der Waals surface area contributed by atoms with E-state index in [1.54, 1.807) is 0 Å². The molecule has 0 saturated heterocycles. The van der Waals surface area contributed by atoms with Crippen LogP contribution in [-0.4, -0.2) is 21.6 Å². The van der Waals surface area contributed by atoms with Gasteiger partial charge >= 0.3 is 6.01 Å². The molecule has 0 aliphatic carbocycles. The summed E-state index contributed by atoms with van der Waals surface area (Å²) in [6.07, 6.45) is 4.96. The van der Waals surface area contributed by atoms with E-state index >= 15 is 0 Å². The molecule has 0 saturated carbocycles. The van der Waals surface area contributed by atoms with E-state index in [2.05, 4.69) is 40.9 Å². The third kappa shape index (κ3) is 3.04. The lowest BCUT2D eigenvalue weighted by molar-refractivity contribution is 0.339. The van der Waals surface area contributed by atoms with E-state index < -0.39 is 0 Å². The molecule has 1 aromatic heterocycles. The van der Waals surface area contributed by atoms with Crippen molar-refractivity contribution in [1.29, 1.82) is 0 Å². The highest BCUT2D eigenvalue weighted by Crippen LogP contribution is 2.15. The van der Waals surface area contributed by atoms with Crippen molar-refractivity contribution in [3.05, 3.63) is 20.9 Å². The second kappa shape index (κ2) is 5.66. The van der Waals surface area contributed by atoms with Crippen LogP contribution in [0.15, 0.2) is 10.2 Å². The zero-order chi connectivity index (χ0) is 11.8. The predicted molar refractivity (Wildman–Crippen MR) is 51.8 cm³/mol. The monoisotopic (exact) mass is 217 g/mol. The first-order valence-electron chi connectivity index (χ1n) is 3.72. The van der Waals surface area contributed by atoms with Crippen molar-refractivity contribution in [2.24, 2.45) is 10.2 Å². The molecule has 1 aromatic rings. The highest BCUT2D eigenvalue weighted by molar-refractivity contribution is 5.26. The molecule has 0 N–H and O–H groups in total. The molecule has 1 rings (SSSR count). The number of aromatic nitrogens is 3. The maximum atomic E-state index is 8.19. The summed E-state index contributed by atoms with van der Waals surface area (Å²) in [7, 11) is 0. The molecule has 0 aliphatic rings. The van der Waals surface area contributed by atoms with Gasteiger partial charge in [-0.25, -0.2) is 4.98 Å².